The number of aromatic amines is 1. The molecule has 174 valence electrons. The molecule has 2 aromatic carbocycles. The van der Waals surface area contributed by atoms with Gasteiger partial charge in [-0.1, -0.05) is 30.3 Å². The van der Waals surface area contributed by atoms with E-state index in [0.717, 1.165) is 16.8 Å². The minimum absolute atomic E-state index is 0.149. The molecule has 2 heterocycles. The zero-order valence-electron chi connectivity index (χ0n) is 19.1. The van der Waals surface area contributed by atoms with Crippen molar-refractivity contribution in [3.05, 3.63) is 82.2 Å². The first kappa shape index (κ1) is 23.3. The summed E-state index contributed by atoms with van der Waals surface area (Å²) >= 11 is 5.61. The molecule has 7 nitrogen and oxygen atoms in total. The van der Waals surface area contributed by atoms with Crippen LogP contribution in [0.25, 0.3) is 11.6 Å². The van der Waals surface area contributed by atoms with Crippen LogP contribution in [0.1, 0.15) is 51.4 Å². The third-order valence-electron chi connectivity index (χ3n) is 5.86. The van der Waals surface area contributed by atoms with Crippen molar-refractivity contribution in [2.45, 2.75) is 26.8 Å². The lowest BCUT2D eigenvalue weighted by molar-refractivity contribution is -0.114. The van der Waals surface area contributed by atoms with Crippen LogP contribution in [-0.2, 0) is 9.59 Å². The Bertz CT molecular complexity index is 1310. The molecule has 1 aliphatic heterocycles. The predicted octanol–water partition coefficient (Wildman–Crippen LogP) is 4.79. The molecule has 0 fully saturated rings. The van der Waals surface area contributed by atoms with E-state index in [9.17, 15) is 14.4 Å². The molecule has 0 saturated carbocycles. The normalized spacial score (nSPS) is 14.5. The molecule has 3 aromatic rings. The molecular formula is C26H25ClN4O3. The highest BCUT2D eigenvalue weighted by molar-refractivity contribution is 6.35. The van der Waals surface area contributed by atoms with E-state index in [1.807, 2.05) is 51.1 Å². The van der Waals surface area contributed by atoms with E-state index in [1.54, 1.807) is 24.3 Å². The van der Waals surface area contributed by atoms with Crippen molar-refractivity contribution in [1.82, 2.24) is 10.3 Å². The lowest BCUT2D eigenvalue weighted by atomic mass is 10.0. The molecular weight excluding hydrogens is 452 g/mol. The number of benzene rings is 2. The molecule has 1 aromatic heterocycles. The Kier molecular flexibility index (Phi) is 6.56. The quantitative estimate of drug-likeness (QED) is 0.303. The number of amides is 3. The molecule has 0 spiro atoms. The van der Waals surface area contributed by atoms with Crippen LogP contribution in [0.5, 0.6) is 0 Å². The van der Waals surface area contributed by atoms with Crippen LogP contribution in [0.3, 0.4) is 0 Å². The summed E-state index contributed by atoms with van der Waals surface area (Å²) in [5, 5.41) is 8.62. The molecule has 8 heteroatoms. The minimum atomic E-state index is -0.310. The van der Waals surface area contributed by atoms with E-state index in [0.29, 0.717) is 33.8 Å². The second-order valence-corrected chi connectivity index (χ2v) is 8.49. The van der Waals surface area contributed by atoms with E-state index in [2.05, 4.69) is 20.9 Å². The van der Waals surface area contributed by atoms with Gasteiger partial charge in [0.1, 0.15) is 5.88 Å². The van der Waals surface area contributed by atoms with E-state index in [-0.39, 0.29) is 29.6 Å². The number of carbonyl (C=O) groups is 3. The number of hydrogen-bond acceptors (Lipinski definition) is 3. The summed E-state index contributed by atoms with van der Waals surface area (Å²) in [6.45, 7) is 5.61. The zero-order chi connectivity index (χ0) is 24.4. The molecule has 0 bridgehead atoms. The van der Waals surface area contributed by atoms with Gasteiger partial charge in [0.15, 0.2) is 0 Å². The van der Waals surface area contributed by atoms with Gasteiger partial charge in [-0.15, -0.1) is 11.6 Å². The summed E-state index contributed by atoms with van der Waals surface area (Å²) < 4.78 is 0. The predicted molar refractivity (Wildman–Crippen MR) is 135 cm³/mol. The van der Waals surface area contributed by atoms with Crippen LogP contribution in [0.2, 0.25) is 0 Å². The highest BCUT2D eigenvalue weighted by atomic mass is 35.5. The van der Waals surface area contributed by atoms with Crippen molar-refractivity contribution < 1.29 is 14.4 Å². The maximum Gasteiger partial charge on any atom is 0.256 e. The van der Waals surface area contributed by atoms with E-state index in [4.69, 9.17) is 11.6 Å². The molecule has 1 atom stereocenters. The number of H-pyrrole nitrogens is 1. The summed E-state index contributed by atoms with van der Waals surface area (Å²) in [7, 11) is 0. The highest BCUT2D eigenvalue weighted by Gasteiger charge is 2.26. The average molecular weight is 477 g/mol. The number of nitrogens with one attached hydrogen (secondary N) is 4. The number of fused-ring (bicyclic) bond motifs is 1. The van der Waals surface area contributed by atoms with Gasteiger partial charge < -0.3 is 20.9 Å². The molecule has 3 amide bonds. The van der Waals surface area contributed by atoms with Crippen LogP contribution < -0.4 is 16.0 Å². The first-order valence-corrected chi connectivity index (χ1v) is 11.4. The first-order valence-electron chi connectivity index (χ1n) is 10.9. The van der Waals surface area contributed by atoms with Crippen molar-refractivity contribution >= 4 is 52.3 Å². The second-order valence-electron chi connectivity index (χ2n) is 8.22. The Morgan fingerprint density at radius 3 is 2.56 bits per heavy atom. The van der Waals surface area contributed by atoms with Crippen molar-refractivity contribution in [2.75, 3.05) is 16.5 Å². The zero-order valence-corrected chi connectivity index (χ0v) is 19.8. The number of carbonyl (C=O) groups excluding carboxylic acids is 3. The van der Waals surface area contributed by atoms with Crippen LogP contribution in [-0.4, -0.2) is 28.6 Å². The van der Waals surface area contributed by atoms with E-state index < -0.39 is 0 Å². The smallest absolute Gasteiger partial charge is 0.256 e. The Labute approximate surface area is 202 Å². The molecule has 0 saturated heterocycles. The Balaban J connectivity index is 1.63. The number of hydrogen-bond donors (Lipinski definition) is 4. The summed E-state index contributed by atoms with van der Waals surface area (Å²) in [5.74, 6) is -0.946. The van der Waals surface area contributed by atoms with Crippen molar-refractivity contribution in [3.63, 3.8) is 0 Å². The standard InChI is InChI=1S/C26H25ClN4O3/c1-14-22(28-16(3)24(14)31-23(32)13-27)12-20-19-11-18(9-10-21(19)30-26(20)34)25(33)29-15(2)17-7-5-4-6-8-17/h4-12,15,28H,13H2,1-3H3,(H,29,33)(H,30,34)(H,31,32)/b20-12-/t15-/m1/s1. The molecule has 1 aliphatic rings. The highest BCUT2D eigenvalue weighted by Crippen LogP contribution is 2.35. The molecule has 4 rings (SSSR count). The van der Waals surface area contributed by atoms with Crippen LogP contribution in [0.15, 0.2) is 48.5 Å². The number of aryl methyl sites for hydroxylation is 1. The van der Waals surface area contributed by atoms with Gasteiger partial charge >= 0.3 is 0 Å². The summed E-state index contributed by atoms with van der Waals surface area (Å²) in [5.41, 5.74) is 6.04. The lowest BCUT2D eigenvalue weighted by Gasteiger charge is -2.14. The van der Waals surface area contributed by atoms with Crippen LogP contribution in [0, 0.1) is 13.8 Å². The number of rotatable bonds is 6. The van der Waals surface area contributed by atoms with E-state index in [1.165, 1.54) is 0 Å². The molecule has 34 heavy (non-hydrogen) atoms. The Morgan fingerprint density at radius 1 is 1.12 bits per heavy atom. The summed E-state index contributed by atoms with van der Waals surface area (Å²) in [6.07, 6.45) is 1.73. The number of alkyl halides is 1. The van der Waals surface area contributed by atoms with E-state index >= 15 is 0 Å². The van der Waals surface area contributed by atoms with Gasteiger partial charge in [-0.3, -0.25) is 14.4 Å². The van der Waals surface area contributed by atoms with Crippen LogP contribution in [0.4, 0.5) is 11.4 Å². The maximum atomic E-state index is 12.9. The largest absolute Gasteiger partial charge is 0.357 e. The number of anilines is 2. The monoisotopic (exact) mass is 476 g/mol. The molecule has 0 unspecified atom stereocenters. The average Bonchev–Trinajstić information content (AvgIpc) is 3.29. The Morgan fingerprint density at radius 2 is 1.85 bits per heavy atom. The van der Waals surface area contributed by atoms with Crippen molar-refractivity contribution in [2.24, 2.45) is 0 Å². The number of aromatic nitrogens is 1. The molecule has 4 N–H and O–H groups in total. The lowest BCUT2D eigenvalue weighted by Crippen LogP contribution is -2.26. The SMILES string of the molecule is Cc1[nH]c(/C=C2\C(=O)Nc3ccc(C(=O)N[C@H](C)c4ccccc4)cc32)c(C)c1NC(=O)CCl. The van der Waals surface area contributed by atoms with Crippen LogP contribution >= 0.6 is 11.6 Å². The van der Waals surface area contributed by atoms with Gasteiger partial charge in [-0.05, 0) is 56.2 Å². The summed E-state index contributed by atoms with van der Waals surface area (Å²) in [4.78, 5) is 40.6. The third kappa shape index (κ3) is 4.61. The molecule has 0 radical (unpaired) electrons. The fraction of sp³-hybridized carbons (Fsp3) is 0.192. The van der Waals surface area contributed by atoms with Crippen molar-refractivity contribution in [3.8, 4) is 0 Å². The fourth-order valence-electron chi connectivity index (χ4n) is 4.00. The van der Waals surface area contributed by atoms with Gasteiger partial charge in [0.25, 0.3) is 11.8 Å². The van der Waals surface area contributed by atoms with Gasteiger partial charge in [-0.25, -0.2) is 0 Å². The van der Waals surface area contributed by atoms with Gasteiger partial charge in [0.2, 0.25) is 5.91 Å². The maximum absolute atomic E-state index is 12.9. The molecule has 0 aliphatic carbocycles. The van der Waals surface area contributed by atoms with Gasteiger partial charge in [0, 0.05) is 28.2 Å². The van der Waals surface area contributed by atoms with Gasteiger partial charge in [0.05, 0.1) is 17.3 Å². The number of halogens is 1. The minimum Gasteiger partial charge on any atom is -0.357 e. The second kappa shape index (κ2) is 9.57. The van der Waals surface area contributed by atoms with Gasteiger partial charge in [-0.2, -0.15) is 0 Å². The van der Waals surface area contributed by atoms with Crippen molar-refractivity contribution in [1.29, 1.82) is 0 Å². The summed E-state index contributed by atoms with van der Waals surface area (Å²) in [6, 6.07) is 14.7. The third-order valence-corrected chi connectivity index (χ3v) is 6.11. The Hall–Kier alpha value is -3.84. The first-order chi connectivity index (χ1) is 16.3. The topological polar surface area (TPSA) is 103 Å². The fourth-order valence-corrected chi connectivity index (χ4v) is 4.07.